The first kappa shape index (κ1) is 17.1. The summed E-state index contributed by atoms with van der Waals surface area (Å²) in [6, 6.07) is 15.9. The summed E-state index contributed by atoms with van der Waals surface area (Å²) >= 11 is 0. The van der Waals surface area contributed by atoms with Crippen molar-refractivity contribution in [3.8, 4) is 5.75 Å². The van der Waals surface area contributed by atoms with Crippen LogP contribution in [-0.2, 0) is 6.42 Å². The zero-order valence-corrected chi connectivity index (χ0v) is 14.8. The van der Waals surface area contributed by atoms with E-state index in [2.05, 4.69) is 29.2 Å². The molecule has 1 aliphatic heterocycles. The second-order valence-corrected chi connectivity index (χ2v) is 7.29. The highest BCUT2D eigenvalue weighted by molar-refractivity contribution is 5.93. The summed E-state index contributed by atoms with van der Waals surface area (Å²) in [6.07, 6.45) is 2.08. The van der Waals surface area contributed by atoms with Crippen LogP contribution >= 0.6 is 0 Å². The Morgan fingerprint density at radius 2 is 2.04 bits per heavy atom. The standard InChI is InChI=1S/C21H25N3O2/c22-12-14-8-9-24(13-14)19-11-15-4-1-2-7-18(15)20(19)26-17-6-3-5-16(10-17)21(23)25/h1-7,10,14,19-20H,8-9,11-13,22H2,(H2,23,25)/t14?,19-,20-/m1/s1. The molecule has 0 aromatic heterocycles. The number of carbonyl (C=O) groups excluding carboxylic acids is 1. The zero-order valence-electron chi connectivity index (χ0n) is 14.8. The molecule has 5 nitrogen and oxygen atoms in total. The van der Waals surface area contributed by atoms with Crippen molar-refractivity contribution in [3.05, 3.63) is 65.2 Å². The third kappa shape index (κ3) is 3.20. The van der Waals surface area contributed by atoms with Gasteiger partial charge in [0.1, 0.15) is 11.9 Å². The maximum absolute atomic E-state index is 11.5. The highest BCUT2D eigenvalue weighted by Crippen LogP contribution is 2.39. The average Bonchev–Trinajstić information content (AvgIpc) is 3.27. The fourth-order valence-electron chi connectivity index (χ4n) is 4.23. The highest BCUT2D eigenvalue weighted by Gasteiger charge is 2.40. The third-order valence-electron chi connectivity index (χ3n) is 5.64. The lowest BCUT2D eigenvalue weighted by Gasteiger charge is -2.30. The molecule has 1 aliphatic carbocycles. The molecule has 0 bridgehead atoms. The Kier molecular flexibility index (Phi) is 4.66. The van der Waals surface area contributed by atoms with Crippen molar-refractivity contribution >= 4 is 5.91 Å². The second-order valence-electron chi connectivity index (χ2n) is 7.29. The number of nitrogens with two attached hydrogens (primary N) is 2. The number of fused-ring (bicyclic) bond motifs is 1. The SMILES string of the molecule is NCC1CCN([C@@H]2Cc3ccccc3[C@H]2Oc2cccc(C(N)=O)c2)C1. The van der Waals surface area contributed by atoms with Crippen molar-refractivity contribution in [3.63, 3.8) is 0 Å². The van der Waals surface area contributed by atoms with Gasteiger partial charge in [-0.25, -0.2) is 0 Å². The molecule has 0 saturated carbocycles. The molecule has 136 valence electrons. The van der Waals surface area contributed by atoms with Gasteiger partial charge in [-0.3, -0.25) is 9.69 Å². The number of ether oxygens (including phenoxy) is 1. The van der Waals surface area contributed by atoms with Crippen LogP contribution in [0.1, 0.15) is 34.0 Å². The first-order chi connectivity index (χ1) is 12.7. The largest absolute Gasteiger partial charge is 0.484 e. The Labute approximate surface area is 153 Å². The van der Waals surface area contributed by atoms with Crippen molar-refractivity contribution in [2.24, 2.45) is 17.4 Å². The predicted molar refractivity (Wildman–Crippen MR) is 101 cm³/mol. The topological polar surface area (TPSA) is 81.6 Å². The minimum atomic E-state index is -0.441. The number of nitrogens with zero attached hydrogens (tertiary/aromatic N) is 1. The van der Waals surface area contributed by atoms with Crippen LogP contribution in [0.15, 0.2) is 48.5 Å². The molecule has 5 heteroatoms. The molecule has 0 spiro atoms. The summed E-state index contributed by atoms with van der Waals surface area (Å²) in [5, 5.41) is 0. The van der Waals surface area contributed by atoms with E-state index in [1.165, 1.54) is 11.1 Å². The number of amides is 1. The van der Waals surface area contributed by atoms with Gasteiger partial charge >= 0.3 is 0 Å². The van der Waals surface area contributed by atoms with Crippen molar-refractivity contribution in [2.75, 3.05) is 19.6 Å². The lowest BCUT2D eigenvalue weighted by Crippen LogP contribution is -2.39. The Hall–Kier alpha value is -2.37. The molecule has 2 aromatic carbocycles. The maximum atomic E-state index is 11.5. The van der Waals surface area contributed by atoms with Crippen LogP contribution in [0.3, 0.4) is 0 Å². The molecule has 1 fully saturated rings. The van der Waals surface area contributed by atoms with Gasteiger partial charge in [0.05, 0.1) is 6.04 Å². The van der Waals surface area contributed by atoms with Crippen molar-refractivity contribution < 1.29 is 9.53 Å². The van der Waals surface area contributed by atoms with E-state index in [1.807, 2.05) is 12.1 Å². The van der Waals surface area contributed by atoms with E-state index in [1.54, 1.807) is 12.1 Å². The maximum Gasteiger partial charge on any atom is 0.248 e. The molecular formula is C21H25N3O2. The van der Waals surface area contributed by atoms with Crippen molar-refractivity contribution in [1.29, 1.82) is 0 Å². The molecule has 4 rings (SSSR count). The lowest BCUT2D eigenvalue weighted by molar-refractivity contribution is 0.0912. The Balaban J connectivity index is 1.62. The Bertz CT molecular complexity index is 807. The quantitative estimate of drug-likeness (QED) is 0.864. The van der Waals surface area contributed by atoms with Gasteiger partial charge in [0.2, 0.25) is 5.91 Å². The fraction of sp³-hybridized carbons (Fsp3) is 0.381. The van der Waals surface area contributed by atoms with Gasteiger partial charge in [-0.15, -0.1) is 0 Å². The summed E-state index contributed by atoms with van der Waals surface area (Å²) < 4.78 is 6.41. The van der Waals surface area contributed by atoms with Gasteiger partial charge in [-0.1, -0.05) is 30.3 Å². The van der Waals surface area contributed by atoms with E-state index in [0.29, 0.717) is 23.3 Å². The minimum absolute atomic E-state index is 0.0501. The number of hydrogen-bond donors (Lipinski definition) is 2. The minimum Gasteiger partial charge on any atom is -0.484 e. The molecule has 26 heavy (non-hydrogen) atoms. The van der Waals surface area contributed by atoms with Gasteiger partial charge in [0.15, 0.2) is 0 Å². The molecule has 1 unspecified atom stereocenters. The smallest absolute Gasteiger partial charge is 0.248 e. The van der Waals surface area contributed by atoms with E-state index in [9.17, 15) is 4.79 Å². The van der Waals surface area contributed by atoms with Crippen LogP contribution in [0, 0.1) is 5.92 Å². The summed E-state index contributed by atoms with van der Waals surface area (Å²) in [4.78, 5) is 14.0. The van der Waals surface area contributed by atoms with Crippen LogP contribution in [0.2, 0.25) is 0 Å². The number of primary amides is 1. The molecule has 1 saturated heterocycles. The van der Waals surface area contributed by atoms with E-state index in [-0.39, 0.29) is 6.10 Å². The first-order valence-electron chi connectivity index (χ1n) is 9.24. The van der Waals surface area contributed by atoms with Crippen molar-refractivity contribution in [2.45, 2.75) is 25.0 Å². The highest BCUT2D eigenvalue weighted by atomic mass is 16.5. The van der Waals surface area contributed by atoms with Crippen LogP contribution in [0.4, 0.5) is 0 Å². The Morgan fingerprint density at radius 3 is 2.81 bits per heavy atom. The average molecular weight is 351 g/mol. The third-order valence-corrected chi connectivity index (χ3v) is 5.64. The molecule has 0 radical (unpaired) electrons. The van der Waals surface area contributed by atoms with Gasteiger partial charge in [-0.05, 0) is 61.2 Å². The van der Waals surface area contributed by atoms with Gasteiger partial charge < -0.3 is 16.2 Å². The van der Waals surface area contributed by atoms with Crippen molar-refractivity contribution in [1.82, 2.24) is 4.90 Å². The van der Waals surface area contributed by atoms with E-state index < -0.39 is 5.91 Å². The monoisotopic (exact) mass is 351 g/mol. The van der Waals surface area contributed by atoms with Crippen LogP contribution in [-0.4, -0.2) is 36.5 Å². The first-order valence-corrected chi connectivity index (χ1v) is 9.24. The van der Waals surface area contributed by atoms with Crippen LogP contribution in [0.5, 0.6) is 5.75 Å². The number of likely N-dealkylation sites (tertiary alicyclic amines) is 1. The molecular weight excluding hydrogens is 326 g/mol. The molecule has 1 amide bonds. The van der Waals surface area contributed by atoms with E-state index >= 15 is 0 Å². The number of hydrogen-bond acceptors (Lipinski definition) is 4. The van der Waals surface area contributed by atoms with Crippen LogP contribution in [0.25, 0.3) is 0 Å². The van der Waals surface area contributed by atoms with Gasteiger partial charge in [0, 0.05) is 12.1 Å². The number of benzene rings is 2. The summed E-state index contributed by atoms with van der Waals surface area (Å²) in [5.74, 6) is 0.810. The number of rotatable bonds is 5. The molecule has 3 atom stereocenters. The molecule has 1 heterocycles. The molecule has 4 N–H and O–H groups in total. The Morgan fingerprint density at radius 1 is 1.19 bits per heavy atom. The second kappa shape index (κ2) is 7.09. The van der Waals surface area contributed by atoms with Crippen LogP contribution < -0.4 is 16.2 Å². The number of carbonyl (C=O) groups is 1. The van der Waals surface area contributed by atoms with Gasteiger partial charge in [0.25, 0.3) is 0 Å². The van der Waals surface area contributed by atoms with Gasteiger partial charge in [-0.2, -0.15) is 0 Å². The fourth-order valence-corrected chi connectivity index (χ4v) is 4.23. The summed E-state index contributed by atoms with van der Waals surface area (Å²) in [5.41, 5.74) is 14.3. The van der Waals surface area contributed by atoms with E-state index in [0.717, 1.165) is 32.5 Å². The normalized spacial score (nSPS) is 25.2. The summed E-state index contributed by atoms with van der Waals surface area (Å²) in [7, 11) is 0. The zero-order chi connectivity index (χ0) is 18.1. The molecule has 2 aromatic rings. The van der Waals surface area contributed by atoms with E-state index in [4.69, 9.17) is 16.2 Å². The lowest BCUT2D eigenvalue weighted by atomic mass is 10.1. The molecule has 2 aliphatic rings. The summed E-state index contributed by atoms with van der Waals surface area (Å²) in [6.45, 7) is 2.82. The predicted octanol–water partition coefficient (Wildman–Crippen LogP) is 2.11.